The Balaban J connectivity index is 2.15. The molecule has 0 aromatic carbocycles. The van der Waals surface area contributed by atoms with Gasteiger partial charge in [-0.25, -0.2) is 0 Å². The third-order valence-electron chi connectivity index (χ3n) is 3.98. The molecule has 0 spiro atoms. The number of ether oxygens (including phenoxy) is 2. The van der Waals surface area contributed by atoms with Crippen LogP contribution in [-0.2, 0) is 14.3 Å². The highest BCUT2D eigenvalue weighted by molar-refractivity contribution is 5.80. The standard InChI is InChI=1S/C15H27NO3/c1-14(2,3)12-11(10-18-15(4,5)19-12)13(17)16-8-6-7-9-16/h11-12H,6-10H2,1-5H3/t11-,12-/m1/s1. The molecule has 0 aliphatic carbocycles. The van der Waals surface area contributed by atoms with Crippen LogP contribution in [0.25, 0.3) is 0 Å². The minimum absolute atomic E-state index is 0.0684. The second kappa shape index (κ2) is 5.06. The van der Waals surface area contributed by atoms with E-state index in [-0.39, 0.29) is 23.3 Å². The molecule has 2 rings (SSSR count). The van der Waals surface area contributed by atoms with Crippen molar-refractivity contribution >= 4 is 5.91 Å². The topological polar surface area (TPSA) is 38.8 Å². The summed E-state index contributed by atoms with van der Waals surface area (Å²) in [4.78, 5) is 14.6. The lowest BCUT2D eigenvalue weighted by atomic mass is 9.80. The molecule has 2 aliphatic rings. The lowest BCUT2D eigenvalue weighted by Gasteiger charge is -2.46. The minimum atomic E-state index is -0.597. The van der Waals surface area contributed by atoms with Gasteiger partial charge in [-0.05, 0) is 32.1 Å². The van der Waals surface area contributed by atoms with Crippen LogP contribution in [-0.4, -0.2) is 42.4 Å². The molecule has 2 heterocycles. The molecule has 0 saturated carbocycles. The summed E-state index contributed by atoms with van der Waals surface area (Å²) in [5.41, 5.74) is -0.0684. The van der Waals surface area contributed by atoms with Gasteiger partial charge in [0.15, 0.2) is 5.79 Å². The smallest absolute Gasteiger partial charge is 0.230 e. The molecular weight excluding hydrogens is 242 g/mol. The summed E-state index contributed by atoms with van der Waals surface area (Å²) in [6.45, 7) is 12.5. The van der Waals surface area contributed by atoms with Crippen LogP contribution in [0.3, 0.4) is 0 Å². The fourth-order valence-electron chi connectivity index (χ4n) is 2.95. The number of rotatable bonds is 1. The van der Waals surface area contributed by atoms with Crippen molar-refractivity contribution in [3.63, 3.8) is 0 Å². The van der Waals surface area contributed by atoms with E-state index in [1.54, 1.807) is 0 Å². The Hall–Kier alpha value is -0.610. The Bertz CT molecular complexity index is 340. The molecule has 2 atom stereocenters. The SMILES string of the molecule is CC1(C)OC[C@@H](C(=O)N2CCCC2)[C@H](C(C)(C)C)O1. The third kappa shape index (κ3) is 3.29. The fraction of sp³-hybridized carbons (Fsp3) is 0.933. The van der Waals surface area contributed by atoms with Crippen LogP contribution in [0, 0.1) is 11.3 Å². The van der Waals surface area contributed by atoms with Crippen LogP contribution in [0.1, 0.15) is 47.5 Å². The quantitative estimate of drug-likeness (QED) is 0.734. The number of hydrogen-bond acceptors (Lipinski definition) is 3. The maximum atomic E-state index is 12.6. The Labute approximate surface area is 116 Å². The monoisotopic (exact) mass is 269 g/mol. The van der Waals surface area contributed by atoms with Gasteiger partial charge in [0.05, 0.1) is 18.6 Å². The molecule has 2 fully saturated rings. The first-order valence-corrected chi connectivity index (χ1v) is 7.31. The van der Waals surface area contributed by atoms with Gasteiger partial charge in [0.1, 0.15) is 0 Å². The van der Waals surface area contributed by atoms with Crippen LogP contribution in [0.5, 0.6) is 0 Å². The summed E-state index contributed by atoms with van der Waals surface area (Å²) in [6.07, 6.45) is 2.14. The average Bonchev–Trinajstić information content (AvgIpc) is 2.79. The van der Waals surface area contributed by atoms with E-state index in [0.717, 1.165) is 25.9 Å². The Morgan fingerprint density at radius 3 is 2.32 bits per heavy atom. The molecule has 19 heavy (non-hydrogen) atoms. The number of carbonyl (C=O) groups excluding carboxylic acids is 1. The summed E-state index contributed by atoms with van der Waals surface area (Å²) in [7, 11) is 0. The van der Waals surface area contributed by atoms with Gasteiger partial charge in [-0.15, -0.1) is 0 Å². The average molecular weight is 269 g/mol. The van der Waals surface area contributed by atoms with E-state index < -0.39 is 5.79 Å². The van der Waals surface area contributed by atoms with Crippen molar-refractivity contribution in [1.82, 2.24) is 4.90 Å². The van der Waals surface area contributed by atoms with Crippen molar-refractivity contribution in [2.75, 3.05) is 19.7 Å². The molecule has 0 unspecified atom stereocenters. The van der Waals surface area contributed by atoms with E-state index in [1.807, 2.05) is 18.7 Å². The van der Waals surface area contributed by atoms with Gasteiger partial charge in [-0.2, -0.15) is 0 Å². The number of carbonyl (C=O) groups is 1. The highest BCUT2D eigenvalue weighted by atomic mass is 16.7. The number of hydrogen-bond donors (Lipinski definition) is 0. The highest BCUT2D eigenvalue weighted by Gasteiger charge is 2.46. The molecule has 2 saturated heterocycles. The van der Waals surface area contributed by atoms with E-state index in [9.17, 15) is 4.79 Å². The Morgan fingerprint density at radius 2 is 1.79 bits per heavy atom. The number of nitrogens with zero attached hydrogens (tertiary/aromatic N) is 1. The van der Waals surface area contributed by atoms with Gasteiger partial charge in [-0.3, -0.25) is 4.79 Å². The molecule has 0 bridgehead atoms. The van der Waals surface area contributed by atoms with Crippen molar-refractivity contribution < 1.29 is 14.3 Å². The number of amides is 1. The first kappa shape index (κ1) is 14.8. The first-order valence-electron chi connectivity index (χ1n) is 7.31. The van der Waals surface area contributed by atoms with E-state index in [4.69, 9.17) is 9.47 Å². The van der Waals surface area contributed by atoms with Crippen LogP contribution in [0.4, 0.5) is 0 Å². The lowest BCUT2D eigenvalue weighted by molar-refractivity contribution is -0.307. The van der Waals surface area contributed by atoms with E-state index >= 15 is 0 Å². The first-order chi connectivity index (χ1) is 8.71. The molecule has 0 aromatic heterocycles. The zero-order chi connectivity index (χ0) is 14.3. The van der Waals surface area contributed by atoms with Gasteiger partial charge in [-0.1, -0.05) is 20.8 Å². The third-order valence-corrected chi connectivity index (χ3v) is 3.98. The van der Waals surface area contributed by atoms with Gasteiger partial charge in [0, 0.05) is 13.1 Å². The molecule has 1 amide bonds. The van der Waals surface area contributed by atoms with Crippen molar-refractivity contribution in [2.45, 2.75) is 59.4 Å². The Morgan fingerprint density at radius 1 is 1.21 bits per heavy atom. The summed E-state index contributed by atoms with van der Waals surface area (Å²) >= 11 is 0. The van der Waals surface area contributed by atoms with E-state index in [2.05, 4.69) is 20.8 Å². The second-order valence-electron chi connectivity index (χ2n) is 7.25. The van der Waals surface area contributed by atoms with Gasteiger partial charge >= 0.3 is 0 Å². The molecule has 110 valence electrons. The molecule has 2 aliphatic heterocycles. The van der Waals surface area contributed by atoms with E-state index in [0.29, 0.717) is 6.61 Å². The van der Waals surface area contributed by atoms with Gasteiger partial charge < -0.3 is 14.4 Å². The van der Waals surface area contributed by atoms with Crippen LogP contribution >= 0.6 is 0 Å². The minimum Gasteiger partial charge on any atom is -0.350 e. The number of likely N-dealkylation sites (tertiary alicyclic amines) is 1. The fourth-order valence-corrected chi connectivity index (χ4v) is 2.95. The molecule has 0 N–H and O–H groups in total. The second-order valence-corrected chi connectivity index (χ2v) is 7.25. The summed E-state index contributed by atoms with van der Waals surface area (Å²) < 4.78 is 11.8. The van der Waals surface area contributed by atoms with Crippen LogP contribution < -0.4 is 0 Å². The highest BCUT2D eigenvalue weighted by Crippen LogP contribution is 2.37. The maximum Gasteiger partial charge on any atom is 0.230 e. The van der Waals surface area contributed by atoms with Crippen molar-refractivity contribution in [1.29, 1.82) is 0 Å². The summed E-state index contributed by atoms with van der Waals surface area (Å²) in [5, 5.41) is 0. The molecule has 4 nitrogen and oxygen atoms in total. The normalized spacial score (nSPS) is 31.5. The van der Waals surface area contributed by atoms with Crippen LogP contribution in [0.15, 0.2) is 0 Å². The van der Waals surface area contributed by atoms with Crippen molar-refractivity contribution in [2.24, 2.45) is 11.3 Å². The molecule has 0 aromatic rings. The maximum absolute atomic E-state index is 12.6. The molecule has 0 radical (unpaired) electrons. The molecular formula is C15H27NO3. The van der Waals surface area contributed by atoms with Crippen molar-refractivity contribution in [3.8, 4) is 0 Å². The molecule has 4 heteroatoms. The summed E-state index contributed by atoms with van der Waals surface area (Å²) in [6, 6.07) is 0. The van der Waals surface area contributed by atoms with Crippen LogP contribution in [0.2, 0.25) is 0 Å². The Kier molecular flexibility index (Phi) is 3.94. The van der Waals surface area contributed by atoms with Crippen molar-refractivity contribution in [3.05, 3.63) is 0 Å². The predicted octanol–water partition coefficient (Wildman–Crippen LogP) is 2.42. The largest absolute Gasteiger partial charge is 0.350 e. The van der Waals surface area contributed by atoms with Gasteiger partial charge in [0.2, 0.25) is 5.91 Å². The predicted molar refractivity (Wildman–Crippen MR) is 73.7 cm³/mol. The van der Waals surface area contributed by atoms with E-state index in [1.165, 1.54) is 0 Å². The lowest BCUT2D eigenvalue weighted by Crippen LogP contribution is -2.55. The van der Waals surface area contributed by atoms with Gasteiger partial charge in [0.25, 0.3) is 0 Å². The summed E-state index contributed by atoms with van der Waals surface area (Å²) in [5.74, 6) is -0.571. The zero-order valence-corrected chi connectivity index (χ0v) is 12.9. The zero-order valence-electron chi connectivity index (χ0n) is 12.9.